The van der Waals surface area contributed by atoms with Crippen molar-refractivity contribution in [3.05, 3.63) is 64.4 Å². The number of hydrogen-bond acceptors (Lipinski definition) is 3. The standard InChI is InChI=1S/C26H32ClFN2O2/c1-3-26(4-2)16-23(19-8-5-6-11-24(19)32-26)29-25(31)18-12-14-30(15-13-18)17-20-21(27)9-7-10-22(20)28/h5-11,18,23H,3-4,12-17H2,1-2H3,(H,29,31)/t23-/m1/s1. The molecule has 0 saturated carbocycles. The fourth-order valence-electron chi connectivity index (χ4n) is 4.98. The Labute approximate surface area is 195 Å². The first-order valence-corrected chi connectivity index (χ1v) is 12.1. The fourth-order valence-corrected chi connectivity index (χ4v) is 5.20. The van der Waals surface area contributed by atoms with E-state index in [1.165, 1.54) is 6.07 Å². The molecule has 0 bridgehead atoms. The first-order chi connectivity index (χ1) is 15.4. The van der Waals surface area contributed by atoms with Gasteiger partial charge in [-0.2, -0.15) is 0 Å². The van der Waals surface area contributed by atoms with Crippen molar-refractivity contribution >= 4 is 17.5 Å². The lowest BCUT2D eigenvalue weighted by molar-refractivity contribution is -0.128. The van der Waals surface area contributed by atoms with Gasteiger partial charge in [-0.15, -0.1) is 0 Å². The van der Waals surface area contributed by atoms with Crippen LogP contribution in [0.1, 0.15) is 63.1 Å². The number of carbonyl (C=O) groups is 1. The summed E-state index contributed by atoms with van der Waals surface area (Å²) in [6.07, 6.45) is 4.11. The monoisotopic (exact) mass is 458 g/mol. The minimum Gasteiger partial charge on any atom is -0.487 e. The normalized spacial score (nSPS) is 20.9. The predicted octanol–water partition coefficient (Wildman–Crippen LogP) is 5.89. The SMILES string of the molecule is CCC1(CC)C[C@@H](NC(=O)C2CCN(Cc3c(F)cccc3Cl)CC2)c2ccccc2O1. The highest BCUT2D eigenvalue weighted by Gasteiger charge is 2.39. The lowest BCUT2D eigenvalue weighted by Crippen LogP contribution is -2.47. The van der Waals surface area contributed by atoms with Gasteiger partial charge in [0.05, 0.1) is 6.04 Å². The van der Waals surface area contributed by atoms with Crippen LogP contribution < -0.4 is 10.1 Å². The summed E-state index contributed by atoms with van der Waals surface area (Å²) >= 11 is 6.18. The van der Waals surface area contributed by atoms with E-state index in [9.17, 15) is 9.18 Å². The molecule has 4 rings (SSSR count). The number of nitrogens with zero attached hydrogens (tertiary/aromatic N) is 1. The number of fused-ring (bicyclic) bond motifs is 1. The smallest absolute Gasteiger partial charge is 0.223 e. The van der Waals surface area contributed by atoms with Crippen molar-refractivity contribution in [2.45, 2.75) is 64.1 Å². The minimum atomic E-state index is -0.272. The van der Waals surface area contributed by atoms with Crippen LogP contribution in [0.4, 0.5) is 4.39 Å². The van der Waals surface area contributed by atoms with Gasteiger partial charge in [-0.1, -0.05) is 49.7 Å². The van der Waals surface area contributed by atoms with E-state index in [1.54, 1.807) is 12.1 Å². The largest absolute Gasteiger partial charge is 0.487 e. The Morgan fingerprint density at radius 2 is 1.88 bits per heavy atom. The highest BCUT2D eigenvalue weighted by Crippen LogP contribution is 2.42. The molecule has 0 radical (unpaired) electrons. The maximum atomic E-state index is 14.1. The molecule has 1 N–H and O–H groups in total. The average molecular weight is 459 g/mol. The van der Waals surface area contributed by atoms with Crippen LogP contribution in [-0.4, -0.2) is 29.5 Å². The maximum Gasteiger partial charge on any atom is 0.223 e. The van der Waals surface area contributed by atoms with Crippen molar-refractivity contribution in [3.63, 3.8) is 0 Å². The van der Waals surface area contributed by atoms with Crippen LogP contribution in [0.5, 0.6) is 5.75 Å². The van der Waals surface area contributed by atoms with Crippen molar-refractivity contribution in [2.24, 2.45) is 5.92 Å². The van der Waals surface area contributed by atoms with E-state index in [4.69, 9.17) is 16.3 Å². The number of piperidine rings is 1. The molecule has 2 heterocycles. The van der Waals surface area contributed by atoms with Crippen molar-refractivity contribution in [2.75, 3.05) is 13.1 Å². The van der Waals surface area contributed by atoms with Gasteiger partial charge < -0.3 is 10.1 Å². The van der Waals surface area contributed by atoms with Crippen molar-refractivity contribution in [1.82, 2.24) is 10.2 Å². The molecule has 2 aliphatic heterocycles. The number of nitrogens with one attached hydrogen (secondary N) is 1. The molecule has 0 spiro atoms. The van der Waals surface area contributed by atoms with Crippen LogP contribution >= 0.6 is 11.6 Å². The number of hydrogen-bond donors (Lipinski definition) is 1. The van der Waals surface area contributed by atoms with E-state index in [0.717, 1.165) is 56.5 Å². The molecule has 0 aliphatic carbocycles. The van der Waals surface area contributed by atoms with Crippen LogP contribution in [0.2, 0.25) is 5.02 Å². The molecule has 6 heteroatoms. The van der Waals surface area contributed by atoms with E-state index < -0.39 is 0 Å². The predicted molar refractivity (Wildman–Crippen MR) is 125 cm³/mol. The van der Waals surface area contributed by atoms with Gasteiger partial charge in [0.2, 0.25) is 5.91 Å². The summed E-state index contributed by atoms with van der Waals surface area (Å²) < 4.78 is 20.5. The Morgan fingerprint density at radius 3 is 2.56 bits per heavy atom. The van der Waals surface area contributed by atoms with Crippen molar-refractivity contribution < 1.29 is 13.9 Å². The third-order valence-electron chi connectivity index (χ3n) is 7.20. The zero-order chi connectivity index (χ0) is 22.7. The molecule has 2 aromatic rings. The summed E-state index contributed by atoms with van der Waals surface area (Å²) in [5.74, 6) is 0.682. The summed E-state index contributed by atoms with van der Waals surface area (Å²) in [5.41, 5.74) is 1.35. The zero-order valence-electron chi connectivity index (χ0n) is 18.9. The van der Waals surface area contributed by atoms with Gasteiger partial charge in [0.25, 0.3) is 0 Å². The summed E-state index contributed by atoms with van der Waals surface area (Å²) in [6.45, 7) is 6.27. The Kier molecular flexibility index (Phi) is 7.06. The topological polar surface area (TPSA) is 41.6 Å². The molecule has 1 amide bonds. The third-order valence-corrected chi connectivity index (χ3v) is 7.56. The highest BCUT2D eigenvalue weighted by molar-refractivity contribution is 6.31. The molecule has 172 valence electrons. The number of halogens is 2. The minimum absolute atomic E-state index is 0.0324. The second-order valence-electron chi connectivity index (χ2n) is 9.05. The molecular weight excluding hydrogens is 427 g/mol. The fraction of sp³-hybridized carbons (Fsp3) is 0.500. The van der Waals surface area contributed by atoms with Crippen LogP contribution in [0.25, 0.3) is 0 Å². The molecule has 1 fully saturated rings. The molecule has 0 aromatic heterocycles. The van der Waals surface area contributed by atoms with E-state index >= 15 is 0 Å². The molecule has 2 aliphatic rings. The lowest BCUT2D eigenvalue weighted by atomic mass is 9.83. The van der Waals surface area contributed by atoms with Gasteiger partial charge in [-0.05, 0) is 57.0 Å². The highest BCUT2D eigenvalue weighted by atomic mass is 35.5. The Balaban J connectivity index is 1.39. The zero-order valence-corrected chi connectivity index (χ0v) is 19.6. The number of amides is 1. The Bertz CT molecular complexity index is 934. The quantitative estimate of drug-likeness (QED) is 0.586. The van der Waals surface area contributed by atoms with Crippen LogP contribution in [0.15, 0.2) is 42.5 Å². The summed E-state index contributed by atoms with van der Waals surface area (Å²) in [6, 6.07) is 12.8. The number of para-hydroxylation sites is 1. The number of carbonyl (C=O) groups excluding carboxylic acids is 1. The average Bonchev–Trinajstić information content (AvgIpc) is 2.81. The molecular formula is C26H32ClFN2O2. The van der Waals surface area contributed by atoms with E-state index in [1.807, 2.05) is 18.2 Å². The van der Waals surface area contributed by atoms with Crippen molar-refractivity contribution in [1.29, 1.82) is 0 Å². The van der Waals surface area contributed by atoms with Gasteiger partial charge in [0.1, 0.15) is 17.2 Å². The van der Waals surface area contributed by atoms with E-state index in [0.29, 0.717) is 17.1 Å². The summed E-state index contributed by atoms with van der Waals surface area (Å²) in [7, 11) is 0. The Hall–Kier alpha value is -2.11. The van der Waals surface area contributed by atoms with Crippen LogP contribution in [0.3, 0.4) is 0 Å². The van der Waals surface area contributed by atoms with Gasteiger partial charge in [0.15, 0.2) is 0 Å². The summed E-state index contributed by atoms with van der Waals surface area (Å²) in [5, 5.41) is 3.79. The molecule has 4 nitrogen and oxygen atoms in total. The number of likely N-dealkylation sites (tertiary alicyclic amines) is 1. The molecule has 2 aromatic carbocycles. The molecule has 0 unspecified atom stereocenters. The Morgan fingerprint density at radius 1 is 1.16 bits per heavy atom. The van der Waals surface area contributed by atoms with E-state index in [2.05, 4.69) is 30.1 Å². The van der Waals surface area contributed by atoms with Gasteiger partial charge in [-0.3, -0.25) is 9.69 Å². The van der Waals surface area contributed by atoms with Gasteiger partial charge in [0, 0.05) is 35.0 Å². The van der Waals surface area contributed by atoms with Gasteiger partial charge in [-0.25, -0.2) is 4.39 Å². The second kappa shape index (κ2) is 9.80. The first-order valence-electron chi connectivity index (χ1n) is 11.7. The first kappa shape index (κ1) is 23.1. The van der Waals surface area contributed by atoms with Crippen molar-refractivity contribution in [3.8, 4) is 5.75 Å². The number of benzene rings is 2. The maximum absolute atomic E-state index is 14.1. The second-order valence-corrected chi connectivity index (χ2v) is 9.45. The number of rotatable bonds is 6. The van der Waals surface area contributed by atoms with Crippen LogP contribution in [0, 0.1) is 11.7 Å². The number of ether oxygens (including phenoxy) is 1. The molecule has 1 atom stereocenters. The molecule has 1 saturated heterocycles. The summed E-state index contributed by atoms with van der Waals surface area (Å²) in [4.78, 5) is 15.4. The van der Waals surface area contributed by atoms with E-state index in [-0.39, 0.29) is 29.3 Å². The third kappa shape index (κ3) is 4.79. The molecule has 32 heavy (non-hydrogen) atoms. The van der Waals surface area contributed by atoms with Crippen LogP contribution in [-0.2, 0) is 11.3 Å². The lowest BCUT2D eigenvalue weighted by Gasteiger charge is -2.42. The van der Waals surface area contributed by atoms with Gasteiger partial charge >= 0.3 is 0 Å².